The van der Waals surface area contributed by atoms with Crippen molar-refractivity contribution >= 4 is 39.3 Å². The molecule has 3 rings (SSSR count). The molecule has 3 aromatic carbocycles. The molecule has 30 heavy (non-hydrogen) atoms. The van der Waals surface area contributed by atoms with Crippen molar-refractivity contribution in [2.24, 2.45) is 10.9 Å². The second-order valence-corrected chi connectivity index (χ2v) is 7.41. The van der Waals surface area contributed by atoms with E-state index < -0.39 is 5.97 Å². The molecule has 0 atom stereocenters. The summed E-state index contributed by atoms with van der Waals surface area (Å²) in [6.45, 7) is 0.287. The van der Waals surface area contributed by atoms with Gasteiger partial charge in [-0.05, 0) is 64.0 Å². The minimum absolute atomic E-state index is 0.0314. The Labute approximate surface area is 187 Å². The van der Waals surface area contributed by atoms with Crippen LogP contribution < -0.4 is 15.2 Å². The Balaban J connectivity index is 1.69. The predicted octanol–water partition coefficient (Wildman–Crippen LogP) is 5.17. The van der Waals surface area contributed by atoms with Crippen molar-refractivity contribution in [3.8, 4) is 11.5 Å². The third kappa shape index (κ3) is 5.52. The fourth-order valence-corrected chi connectivity index (χ4v) is 3.16. The molecule has 8 heteroatoms. The van der Waals surface area contributed by atoms with Crippen LogP contribution in [0.15, 0.2) is 76.4 Å². The van der Waals surface area contributed by atoms with Crippen LogP contribution in [0.2, 0.25) is 5.02 Å². The molecule has 0 amide bonds. The van der Waals surface area contributed by atoms with Gasteiger partial charge in [0.25, 0.3) is 0 Å². The summed E-state index contributed by atoms with van der Waals surface area (Å²) in [5.41, 5.74) is 7.47. The Bertz CT molecular complexity index is 1090. The summed E-state index contributed by atoms with van der Waals surface area (Å²) in [4.78, 5) is 17.4. The lowest BCUT2D eigenvalue weighted by Gasteiger charge is -2.09. The van der Waals surface area contributed by atoms with Crippen molar-refractivity contribution in [2.75, 3.05) is 7.11 Å². The van der Waals surface area contributed by atoms with Gasteiger partial charge in [0.05, 0.1) is 22.7 Å². The molecule has 0 unspecified atom stereocenters. The third-order valence-corrected chi connectivity index (χ3v) is 4.95. The van der Waals surface area contributed by atoms with Crippen molar-refractivity contribution in [3.63, 3.8) is 0 Å². The lowest BCUT2D eigenvalue weighted by atomic mass is 10.1. The van der Waals surface area contributed by atoms with Crippen LogP contribution in [0, 0.1) is 0 Å². The number of hydrogen-bond donors (Lipinski definition) is 1. The van der Waals surface area contributed by atoms with Gasteiger partial charge in [0.1, 0.15) is 18.1 Å². The van der Waals surface area contributed by atoms with Crippen molar-refractivity contribution in [1.29, 1.82) is 0 Å². The highest BCUT2D eigenvalue weighted by Gasteiger charge is 2.12. The summed E-state index contributed by atoms with van der Waals surface area (Å²) in [5.74, 6) is 0.485. The summed E-state index contributed by atoms with van der Waals surface area (Å²) < 4.78 is 11.8. The molecule has 6 nitrogen and oxygen atoms in total. The number of ether oxygens (including phenoxy) is 2. The molecule has 0 radical (unpaired) electrons. The van der Waals surface area contributed by atoms with Crippen LogP contribution in [0.3, 0.4) is 0 Å². The van der Waals surface area contributed by atoms with E-state index in [0.29, 0.717) is 27.6 Å². The van der Waals surface area contributed by atoms with Gasteiger partial charge >= 0.3 is 5.97 Å². The first kappa shape index (κ1) is 21.7. The van der Waals surface area contributed by atoms with E-state index >= 15 is 0 Å². The second kappa shape index (κ2) is 10.1. The molecule has 0 aliphatic heterocycles. The van der Waals surface area contributed by atoms with Gasteiger partial charge in [0.2, 0.25) is 0 Å². The smallest absolute Gasteiger partial charge is 0.365 e. The number of halogens is 2. The van der Waals surface area contributed by atoms with Gasteiger partial charge in [-0.15, -0.1) is 0 Å². The van der Waals surface area contributed by atoms with Gasteiger partial charge in [-0.1, -0.05) is 41.0 Å². The molecule has 0 saturated heterocycles. The number of amidine groups is 1. The first-order valence-corrected chi connectivity index (χ1v) is 10.00. The van der Waals surface area contributed by atoms with Crippen molar-refractivity contribution in [1.82, 2.24) is 0 Å². The minimum Gasteiger partial charge on any atom is -0.496 e. The Hall–Kier alpha value is -3.03. The molecule has 0 bridgehead atoms. The zero-order chi connectivity index (χ0) is 21.5. The Morgan fingerprint density at radius 2 is 1.87 bits per heavy atom. The van der Waals surface area contributed by atoms with E-state index in [9.17, 15) is 4.79 Å². The van der Waals surface area contributed by atoms with Gasteiger partial charge in [-0.3, -0.25) is 0 Å². The van der Waals surface area contributed by atoms with E-state index in [-0.39, 0.29) is 12.4 Å². The Morgan fingerprint density at radius 3 is 2.63 bits per heavy atom. The molecule has 0 aliphatic rings. The maximum absolute atomic E-state index is 12.4. The fourth-order valence-electron chi connectivity index (χ4n) is 2.58. The Kier molecular flexibility index (Phi) is 7.32. The molecule has 0 spiro atoms. The van der Waals surface area contributed by atoms with Crippen LogP contribution in [0.5, 0.6) is 11.5 Å². The molecular formula is C22H18BrClN2O4. The maximum atomic E-state index is 12.4. The van der Waals surface area contributed by atoms with Crippen LogP contribution >= 0.6 is 27.5 Å². The largest absolute Gasteiger partial charge is 0.496 e. The SMILES string of the molecule is COc1ccc(Cl)cc1/C(N)=N/OC(=O)c1cccc(COc2ccccc2Br)c1. The lowest BCUT2D eigenvalue weighted by molar-refractivity contribution is 0.0515. The summed E-state index contributed by atoms with van der Waals surface area (Å²) in [7, 11) is 1.49. The van der Waals surface area contributed by atoms with Crippen LogP contribution in [-0.2, 0) is 11.4 Å². The summed E-state index contributed by atoms with van der Waals surface area (Å²) in [6.07, 6.45) is 0. The summed E-state index contributed by atoms with van der Waals surface area (Å²) in [6, 6.07) is 19.3. The standard InChI is InChI=1S/C22H18BrClN2O4/c1-28-19-10-9-16(24)12-17(19)21(25)26-30-22(27)15-6-4-5-14(11-15)13-29-20-8-3-2-7-18(20)23/h2-12H,13H2,1H3,(H2,25,26). The number of para-hydroxylation sites is 1. The minimum atomic E-state index is -0.651. The molecule has 0 aromatic heterocycles. The summed E-state index contributed by atoms with van der Waals surface area (Å²) >= 11 is 9.42. The number of hydrogen-bond acceptors (Lipinski definition) is 5. The van der Waals surface area contributed by atoms with E-state index in [0.717, 1.165) is 10.0 Å². The Morgan fingerprint density at radius 1 is 1.07 bits per heavy atom. The molecule has 0 aliphatic carbocycles. The van der Waals surface area contributed by atoms with Gasteiger partial charge in [-0.25, -0.2) is 4.79 Å². The second-order valence-electron chi connectivity index (χ2n) is 6.12. The monoisotopic (exact) mass is 488 g/mol. The number of benzene rings is 3. The number of carbonyl (C=O) groups excluding carboxylic acids is 1. The van der Waals surface area contributed by atoms with Gasteiger partial charge in [0.15, 0.2) is 5.84 Å². The van der Waals surface area contributed by atoms with Crippen molar-refractivity contribution < 1.29 is 19.1 Å². The van der Waals surface area contributed by atoms with Gasteiger partial charge < -0.3 is 20.0 Å². The molecule has 154 valence electrons. The van der Waals surface area contributed by atoms with Crippen molar-refractivity contribution in [3.05, 3.63) is 92.9 Å². The number of oxime groups is 1. The fraction of sp³-hybridized carbons (Fsp3) is 0.0909. The van der Waals surface area contributed by atoms with E-state index in [1.54, 1.807) is 36.4 Å². The van der Waals surface area contributed by atoms with Gasteiger partial charge in [-0.2, -0.15) is 0 Å². The number of methoxy groups -OCH3 is 1. The normalized spacial score (nSPS) is 11.1. The summed E-state index contributed by atoms with van der Waals surface area (Å²) in [5, 5.41) is 4.18. The van der Waals surface area contributed by atoms with Crippen LogP contribution in [-0.4, -0.2) is 18.9 Å². The van der Waals surface area contributed by atoms with E-state index in [1.807, 2.05) is 30.3 Å². The van der Waals surface area contributed by atoms with E-state index in [1.165, 1.54) is 7.11 Å². The van der Waals surface area contributed by atoms with Crippen molar-refractivity contribution in [2.45, 2.75) is 6.61 Å². The molecule has 0 saturated carbocycles. The molecule has 0 heterocycles. The van der Waals surface area contributed by atoms with Crippen LogP contribution in [0.25, 0.3) is 0 Å². The quantitative estimate of drug-likeness (QED) is 0.214. The lowest BCUT2D eigenvalue weighted by Crippen LogP contribution is -2.16. The number of nitrogens with zero attached hydrogens (tertiary/aromatic N) is 1. The van der Waals surface area contributed by atoms with Crippen LogP contribution in [0.1, 0.15) is 21.5 Å². The van der Waals surface area contributed by atoms with E-state index in [4.69, 9.17) is 31.6 Å². The first-order valence-electron chi connectivity index (χ1n) is 8.83. The highest BCUT2D eigenvalue weighted by atomic mass is 79.9. The van der Waals surface area contributed by atoms with E-state index in [2.05, 4.69) is 21.1 Å². The topological polar surface area (TPSA) is 83.1 Å². The number of nitrogens with two attached hydrogens (primary N) is 1. The van der Waals surface area contributed by atoms with Gasteiger partial charge in [0, 0.05) is 5.02 Å². The van der Waals surface area contributed by atoms with Crippen LogP contribution in [0.4, 0.5) is 0 Å². The number of rotatable bonds is 7. The highest BCUT2D eigenvalue weighted by Crippen LogP contribution is 2.25. The first-order chi connectivity index (χ1) is 14.5. The molecule has 3 aromatic rings. The molecular weight excluding hydrogens is 472 g/mol. The number of carbonyl (C=O) groups is 1. The average Bonchev–Trinajstić information content (AvgIpc) is 2.76. The average molecular weight is 490 g/mol. The zero-order valence-corrected chi connectivity index (χ0v) is 18.3. The highest BCUT2D eigenvalue weighted by molar-refractivity contribution is 9.10. The predicted molar refractivity (Wildman–Crippen MR) is 119 cm³/mol. The molecule has 2 N–H and O–H groups in total. The maximum Gasteiger partial charge on any atom is 0.365 e. The molecule has 0 fully saturated rings. The third-order valence-electron chi connectivity index (χ3n) is 4.06. The zero-order valence-electron chi connectivity index (χ0n) is 16.0.